The van der Waals surface area contributed by atoms with Crippen LogP contribution in [0, 0.1) is 0 Å². The fourth-order valence-electron chi connectivity index (χ4n) is 1.70. The molecule has 0 atom stereocenters. The van der Waals surface area contributed by atoms with Gasteiger partial charge in [-0.1, -0.05) is 11.6 Å². The summed E-state index contributed by atoms with van der Waals surface area (Å²) in [5.74, 6) is 1.12. The first-order valence-corrected chi connectivity index (χ1v) is 6.80. The zero-order valence-electron chi connectivity index (χ0n) is 12.2. The van der Waals surface area contributed by atoms with E-state index in [1.54, 1.807) is 13.0 Å². The quantitative estimate of drug-likeness (QED) is 0.688. The maximum Gasteiger partial charge on any atom is 0.193 e. The van der Waals surface area contributed by atoms with E-state index in [1.807, 2.05) is 49.3 Å². The molecular weight excluding hydrogens is 288 g/mol. The Kier molecular flexibility index (Phi) is 5.00. The fourth-order valence-corrected chi connectivity index (χ4v) is 1.97. The number of anilines is 1. The van der Waals surface area contributed by atoms with E-state index in [0.717, 1.165) is 11.4 Å². The van der Waals surface area contributed by atoms with Crippen molar-refractivity contribution in [2.75, 3.05) is 12.4 Å². The van der Waals surface area contributed by atoms with Crippen molar-refractivity contribution < 1.29 is 4.74 Å². The molecule has 0 amide bonds. The van der Waals surface area contributed by atoms with Crippen molar-refractivity contribution in [3.05, 3.63) is 41.7 Å². The van der Waals surface area contributed by atoms with Crippen molar-refractivity contribution in [3.8, 4) is 5.75 Å². The highest BCUT2D eigenvalue weighted by molar-refractivity contribution is 6.33. The molecule has 21 heavy (non-hydrogen) atoms. The average molecular weight is 305 g/mol. The second-order valence-electron chi connectivity index (χ2n) is 4.42. The third-order valence-corrected chi connectivity index (χ3v) is 3.05. The lowest BCUT2D eigenvalue weighted by atomic mass is 10.3. The molecule has 1 N–H and O–H groups in total. The Morgan fingerprint density at radius 1 is 1.38 bits per heavy atom. The Hall–Kier alpha value is -2.27. The number of aryl methyl sites for hydroxylation is 1. The third kappa shape index (κ3) is 4.36. The van der Waals surface area contributed by atoms with Gasteiger partial charge in [-0.05, 0) is 18.2 Å². The molecule has 0 saturated carbocycles. The van der Waals surface area contributed by atoms with Crippen LogP contribution < -0.4 is 10.1 Å². The van der Waals surface area contributed by atoms with Gasteiger partial charge in [-0.2, -0.15) is 0 Å². The number of ether oxygens (including phenoxy) is 1. The van der Waals surface area contributed by atoms with Gasteiger partial charge in [0.25, 0.3) is 0 Å². The van der Waals surface area contributed by atoms with Gasteiger partial charge >= 0.3 is 0 Å². The summed E-state index contributed by atoms with van der Waals surface area (Å²) in [5, 5.41) is 3.59. The van der Waals surface area contributed by atoms with Gasteiger partial charge in [-0.25, -0.2) is 9.98 Å². The lowest BCUT2D eigenvalue weighted by molar-refractivity contribution is 0.548. The number of nitrogens with one attached hydrogen (secondary N) is 1. The van der Waals surface area contributed by atoms with E-state index in [-0.39, 0.29) is 0 Å². The number of hydrogen-bond acceptors (Lipinski definition) is 3. The molecule has 1 aromatic heterocycles. The van der Waals surface area contributed by atoms with Crippen LogP contribution in [-0.4, -0.2) is 23.9 Å². The molecule has 110 valence electrons. The molecule has 0 spiro atoms. The Bertz CT molecular complexity index is 676. The van der Waals surface area contributed by atoms with E-state index in [9.17, 15) is 0 Å². The lowest BCUT2D eigenvalue weighted by Crippen LogP contribution is -2.03. The number of halogens is 1. The van der Waals surface area contributed by atoms with Crippen molar-refractivity contribution >= 4 is 35.2 Å². The van der Waals surface area contributed by atoms with E-state index < -0.39 is 0 Å². The van der Waals surface area contributed by atoms with Gasteiger partial charge in [0.15, 0.2) is 5.90 Å². The largest absolute Gasteiger partial charge is 0.443 e. The average Bonchev–Trinajstić information content (AvgIpc) is 2.84. The Labute approximate surface area is 128 Å². The number of benzene rings is 1. The highest BCUT2D eigenvalue weighted by Crippen LogP contribution is 2.26. The Balaban J connectivity index is 2.00. The zero-order valence-corrected chi connectivity index (χ0v) is 12.9. The molecule has 0 aliphatic heterocycles. The second-order valence-corrected chi connectivity index (χ2v) is 4.83. The lowest BCUT2D eigenvalue weighted by Gasteiger charge is -2.07. The topological polar surface area (TPSA) is 50.9 Å². The summed E-state index contributed by atoms with van der Waals surface area (Å²) in [4.78, 5) is 8.34. The van der Waals surface area contributed by atoms with Gasteiger partial charge in [0.1, 0.15) is 12.1 Å². The van der Waals surface area contributed by atoms with Crippen molar-refractivity contribution in [3.63, 3.8) is 0 Å². The van der Waals surface area contributed by atoms with Crippen LogP contribution in [0.1, 0.15) is 6.92 Å². The highest BCUT2D eigenvalue weighted by atomic mass is 35.5. The van der Waals surface area contributed by atoms with Gasteiger partial charge in [0.05, 0.1) is 16.4 Å². The molecule has 0 bridgehead atoms. The summed E-state index contributed by atoms with van der Waals surface area (Å²) in [7, 11) is 3.75. The molecule has 1 aromatic carbocycles. The minimum Gasteiger partial charge on any atom is -0.443 e. The summed E-state index contributed by atoms with van der Waals surface area (Å²) in [6.07, 6.45) is 5.29. The van der Waals surface area contributed by atoms with Gasteiger partial charge < -0.3 is 14.6 Å². The van der Waals surface area contributed by atoms with E-state index in [4.69, 9.17) is 16.3 Å². The molecule has 0 unspecified atom stereocenters. The highest BCUT2D eigenvalue weighted by Gasteiger charge is 2.02. The van der Waals surface area contributed by atoms with Crippen molar-refractivity contribution in [1.29, 1.82) is 0 Å². The first-order chi connectivity index (χ1) is 10.1. The number of rotatable bonds is 4. The van der Waals surface area contributed by atoms with Gasteiger partial charge in [0.2, 0.25) is 0 Å². The van der Waals surface area contributed by atoms with Crippen molar-refractivity contribution in [1.82, 2.24) is 4.57 Å². The van der Waals surface area contributed by atoms with Crippen LogP contribution in [0.3, 0.4) is 0 Å². The predicted octanol–water partition coefficient (Wildman–Crippen LogP) is 3.88. The van der Waals surface area contributed by atoms with E-state index in [2.05, 4.69) is 15.3 Å². The van der Waals surface area contributed by atoms with Gasteiger partial charge in [-0.15, -0.1) is 0 Å². The minimum atomic E-state index is 0.489. The number of aliphatic imine (C=N–C) groups is 2. The van der Waals surface area contributed by atoms with E-state index in [0.29, 0.717) is 16.7 Å². The van der Waals surface area contributed by atoms with Crippen LogP contribution >= 0.6 is 11.6 Å². The summed E-state index contributed by atoms with van der Waals surface area (Å²) < 4.78 is 7.50. The molecule has 0 fully saturated rings. The molecule has 0 aliphatic rings. The second kappa shape index (κ2) is 6.95. The van der Waals surface area contributed by atoms with E-state index in [1.165, 1.54) is 6.34 Å². The molecule has 2 rings (SSSR count). The molecule has 1 heterocycles. The van der Waals surface area contributed by atoms with Crippen molar-refractivity contribution in [2.45, 2.75) is 6.92 Å². The predicted molar refractivity (Wildman–Crippen MR) is 88.3 cm³/mol. The molecule has 0 saturated heterocycles. The minimum absolute atomic E-state index is 0.489. The molecule has 2 aromatic rings. The van der Waals surface area contributed by atoms with Crippen LogP contribution in [0.2, 0.25) is 5.02 Å². The van der Waals surface area contributed by atoms with Gasteiger partial charge in [0, 0.05) is 39.5 Å². The summed E-state index contributed by atoms with van der Waals surface area (Å²) in [5.41, 5.74) is 1.69. The van der Waals surface area contributed by atoms with Crippen LogP contribution in [0.25, 0.3) is 0 Å². The maximum atomic E-state index is 6.09. The Morgan fingerprint density at radius 3 is 2.81 bits per heavy atom. The first kappa shape index (κ1) is 15.1. The number of hydrogen-bond donors (Lipinski definition) is 1. The zero-order chi connectivity index (χ0) is 15.2. The first-order valence-electron chi connectivity index (χ1n) is 6.42. The number of aromatic nitrogens is 1. The fraction of sp³-hybridized carbons (Fsp3) is 0.200. The van der Waals surface area contributed by atoms with Gasteiger partial charge in [-0.3, -0.25) is 0 Å². The van der Waals surface area contributed by atoms with Crippen molar-refractivity contribution in [2.24, 2.45) is 17.0 Å². The normalized spacial score (nSPS) is 11.9. The summed E-state index contributed by atoms with van der Waals surface area (Å²) in [6.45, 7) is 1.76. The molecular formula is C15H17ClN4O. The SMILES string of the molecule is CNc1ccc(OC(C)=NC=Nc2ccn(C)c2)cc1Cl. The molecule has 5 nitrogen and oxygen atoms in total. The van der Waals surface area contributed by atoms with Crippen LogP contribution in [0.4, 0.5) is 11.4 Å². The standard InChI is InChI=1S/C15H17ClN4O/c1-11(18-10-19-12-6-7-20(3)9-12)21-13-4-5-15(17-2)14(16)8-13/h4-10,17H,1-3H3. The monoisotopic (exact) mass is 304 g/mol. The van der Waals surface area contributed by atoms with Crippen LogP contribution in [0.5, 0.6) is 5.75 Å². The van der Waals surface area contributed by atoms with Crippen LogP contribution in [0.15, 0.2) is 46.6 Å². The molecule has 0 aliphatic carbocycles. The number of nitrogens with zero attached hydrogens (tertiary/aromatic N) is 3. The Morgan fingerprint density at radius 2 is 2.19 bits per heavy atom. The molecule has 6 heteroatoms. The summed E-state index contributed by atoms with van der Waals surface area (Å²) in [6, 6.07) is 7.31. The molecule has 0 radical (unpaired) electrons. The van der Waals surface area contributed by atoms with E-state index >= 15 is 0 Å². The third-order valence-electron chi connectivity index (χ3n) is 2.74. The maximum absolute atomic E-state index is 6.09. The van der Waals surface area contributed by atoms with Crippen LogP contribution in [-0.2, 0) is 7.05 Å². The smallest absolute Gasteiger partial charge is 0.193 e. The summed E-state index contributed by atoms with van der Waals surface area (Å²) >= 11 is 6.09.